The predicted molar refractivity (Wildman–Crippen MR) is 115 cm³/mol. The number of azo groups is 1. The van der Waals surface area contributed by atoms with Crippen LogP contribution in [-0.2, 0) is 0 Å². The average Bonchev–Trinajstić information content (AvgIpc) is 3.19. The minimum Gasteiger partial charge on any atom is -0.409 e. The van der Waals surface area contributed by atoms with E-state index in [4.69, 9.17) is 21.6 Å². The number of aryl methyl sites for hydroxylation is 1. The van der Waals surface area contributed by atoms with Crippen LogP contribution >= 0.6 is 12.2 Å². The van der Waals surface area contributed by atoms with Gasteiger partial charge < -0.3 is 4.42 Å². The topological polar surface area (TPSA) is 78.9 Å². The maximum Gasteiger partial charge on any atom is 0.284 e. The van der Waals surface area contributed by atoms with Crippen LogP contribution in [0.1, 0.15) is 11.1 Å². The highest BCUT2D eigenvalue weighted by Crippen LogP contribution is 2.23. The molecule has 0 radical (unpaired) electrons. The maximum absolute atomic E-state index is 5.34. The van der Waals surface area contributed by atoms with E-state index in [9.17, 15) is 0 Å². The zero-order chi connectivity index (χ0) is 20.1. The van der Waals surface area contributed by atoms with Crippen LogP contribution in [0, 0.1) is 11.8 Å². The Hall–Kier alpha value is -3.71. The molecule has 1 aromatic heterocycles. The molecule has 0 aliphatic rings. The number of amidine groups is 1. The molecule has 4 rings (SSSR count). The number of hydrogen-bond donors (Lipinski definition) is 1. The Balaban J connectivity index is 1.68. The summed E-state index contributed by atoms with van der Waals surface area (Å²) in [5, 5.41) is 15.5. The van der Waals surface area contributed by atoms with E-state index in [-0.39, 0.29) is 4.84 Å². The van der Waals surface area contributed by atoms with Gasteiger partial charge in [0.1, 0.15) is 0 Å². The molecule has 6 nitrogen and oxygen atoms in total. The second-order valence-corrected chi connectivity index (χ2v) is 6.62. The van der Waals surface area contributed by atoms with E-state index in [0.29, 0.717) is 11.7 Å². The van der Waals surface area contributed by atoms with Gasteiger partial charge in [-0.05, 0) is 55.0 Å². The van der Waals surface area contributed by atoms with Crippen molar-refractivity contribution in [2.24, 2.45) is 15.2 Å². The summed E-state index contributed by atoms with van der Waals surface area (Å²) in [6.45, 7) is 2.00. The first-order valence-electron chi connectivity index (χ1n) is 8.96. The Morgan fingerprint density at radius 3 is 2.34 bits per heavy atom. The van der Waals surface area contributed by atoms with Crippen LogP contribution in [0.2, 0.25) is 0 Å². The van der Waals surface area contributed by atoms with Crippen molar-refractivity contribution in [3.8, 4) is 11.5 Å². The van der Waals surface area contributed by atoms with E-state index < -0.39 is 0 Å². The average molecular weight is 399 g/mol. The van der Waals surface area contributed by atoms with Crippen molar-refractivity contribution in [3.05, 3.63) is 94.8 Å². The minimum atomic E-state index is 0.241. The monoisotopic (exact) mass is 399 g/mol. The largest absolute Gasteiger partial charge is 0.409 e. The summed E-state index contributed by atoms with van der Waals surface area (Å²) >= 11 is 4.92. The summed E-state index contributed by atoms with van der Waals surface area (Å²) in [6, 6.07) is 25.1. The van der Waals surface area contributed by atoms with Gasteiger partial charge in [-0.15, -0.1) is 15.3 Å². The molecule has 0 amide bonds. The summed E-state index contributed by atoms with van der Waals surface area (Å²) in [5.74, 6) is 0.965. The van der Waals surface area contributed by atoms with Crippen molar-refractivity contribution in [2.75, 3.05) is 0 Å². The molecular weight excluding hydrogens is 382 g/mol. The highest BCUT2D eigenvalue weighted by atomic mass is 32.1. The lowest BCUT2D eigenvalue weighted by atomic mass is 10.2. The van der Waals surface area contributed by atoms with Crippen molar-refractivity contribution in [3.63, 3.8) is 0 Å². The van der Waals surface area contributed by atoms with Gasteiger partial charge in [-0.25, -0.2) is 10.1 Å². The number of nitrogens with zero attached hydrogens (tertiary/aromatic N) is 4. The third-order valence-electron chi connectivity index (χ3n) is 4.19. The fraction of sp³-hybridized carbons (Fsp3) is 0.0455. The quantitative estimate of drug-likeness (QED) is 0.182. The standard InChI is InChI=1S/C22H17N5OS/c1-15-7-5-6-10-19(15)24-25-20(16-8-3-2-4-9-16)23-18-13-11-17(12-14-18)21-26-27-22(29)28-21/h2-14H,1H3,(H,27,29). The molecular formula is C22H17N5OS. The maximum atomic E-state index is 5.34. The lowest BCUT2D eigenvalue weighted by molar-refractivity contribution is 0.552. The van der Waals surface area contributed by atoms with Crippen LogP contribution < -0.4 is 0 Å². The third-order valence-corrected chi connectivity index (χ3v) is 4.36. The summed E-state index contributed by atoms with van der Waals surface area (Å²) in [7, 11) is 0. The predicted octanol–water partition coefficient (Wildman–Crippen LogP) is 6.57. The van der Waals surface area contributed by atoms with E-state index in [2.05, 4.69) is 20.4 Å². The van der Waals surface area contributed by atoms with E-state index in [0.717, 1.165) is 28.1 Å². The molecule has 0 spiro atoms. The molecule has 0 unspecified atom stereocenters. The number of nitrogens with one attached hydrogen (secondary N) is 1. The van der Waals surface area contributed by atoms with E-state index in [1.165, 1.54) is 0 Å². The molecule has 29 heavy (non-hydrogen) atoms. The summed E-state index contributed by atoms with van der Waals surface area (Å²) < 4.78 is 5.34. The molecule has 0 bridgehead atoms. The van der Waals surface area contributed by atoms with Crippen molar-refractivity contribution in [1.29, 1.82) is 0 Å². The van der Waals surface area contributed by atoms with Gasteiger partial charge in [0.15, 0.2) is 5.84 Å². The second kappa shape index (κ2) is 8.53. The first kappa shape index (κ1) is 18.6. The van der Waals surface area contributed by atoms with Crippen LogP contribution in [-0.4, -0.2) is 16.0 Å². The highest BCUT2D eigenvalue weighted by molar-refractivity contribution is 7.71. The first-order chi connectivity index (χ1) is 14.2. The number of rotatable bonds is 4. The third kappa shape index (κ3) is 4.59. The lowest BCUT2D eigenvalue weighted by Crippen LogP contribution is -1.95. The Kier molecular flexibility index (Phi) is 5.49. The number of benzene rings is 3. The molecule has 142 valence electrons. The molecule has 3 aromatic carbocycles. The van der Waals surface area contributed by atoms with Crippen molar-refractivity contribution >= 4 is 29.4 Å². The van der Waals surface area contributed by atoms with Gasteiger partial charge in [0.05, 0.1) is 11.4 Å². The van der Waals surface area contributed by atoms with Crippen molar-refractivity contribution in [2.45, 2.75) is 6.92 Å². The fourth-order valence-electron chi connectivity index (χ4n) is 2.66. The van der Waals surface area contributed by atoms with Gasteiger partial charge in [-0.3, -0.25) is 0 Å². The van der Waals surface area contributed by atoms with Gasteiger partial charge in [-0.1, -0.05) is 48.5 Å². The SMILES string of the molecule is Cc1ccccc1N=NC(=Nc1ccc(-c2n[nH]c(=S)o2)cc1)c1ccccc1. The van der Waals surface area contributed by atoms with E-state index in [1.54, 1.807) is 0 Å². The van der Waals surface area contributed by atoms with Crippen LogP contribution in [0.15, 0.2) is 98.5 Å². The van der Waals surface area contributed by atoms with Gasteiger partial charge in [-0.2, -0.15) is 0 Å². The van der Waals surface area contributed by atoms with E-state index in [1.807, 2.05) is 85.8 Å². The van der Waals surface area contributed by atoms with E-state index >= 15 is 0 Å². The van der Waals surface area contributed by atoms with Gasteiger partial charge >= 0.3 is 0 Å². The van der Waals surface area contributed by atoms with Gasteiger partial charge in [0, 0.05) is 11.1 Å². The normalized spacial score (nSPS) is 11.8. The Labute approximate surface area is 172 Å². The molecule has 0 atom stereocenters. The number of aromatic nitrogens is 2. The number of hydrogen-bond acceptors (Lipinski definition) is 5. The minimum absolute atomic E-state index is 0.241. The molecule has 0 saturated heterocycles. The lowest BCUT2D eigenvalue weighted by Gasteiger charge is -2.03. The molecule has 0 aliphatic heterocycles. The van der Waals surface area contributed by atoms with Crippen molar-refractivity contribution in [1.82, 2.24) is 10.2 Å². The molecule has 0 saturated carbocycles. The first-order valence-corrected chi connectivity index (χ1v) is 9.37. The zero-order valence-electron chi connectivity index (χ0n) is 15.6. The Morgan fingerprint density at radius 2 is 1.66 bits per heavy atom. The summed E-state index contributed by atoms with van der Waals surface area (Å²) in [4.78, 5) is 4.93. The smallest absolute Gasteiger partial charge is 0.284 e. The number of aliphatic imine (C=N–C) groups is 1. The van der Waals surface area contributed by atoms with Gasteiger partial charge in [0.25, 0.3) is 4.84 Å². The molecule has 1 heterocycles. The van der Waals surface area contributed by atoms with Gasteiger partial charge in [0.2, 0.25) is 5.89 Å². The fourth-order valence-corrected chi connectivity index (χ4v) is 2.79. The zero-order valence-corrected chi connectivity index (χ0v) is 16.4. The molecule has 0 aliphatic carbocycles. The second-order valence-electron chi connectivity index (χ2n) is 6.25. The van der Waals surface area contributed by atoms with Crippen LogP contribution in [0.25, 0.3) is 11.5 Å². The Bertz CT molecular complexity index is 1220. The van der Waals surface area contributed by atoms with Crippen molar-refractivity contribution < 1.29 is 4.42 Å². The molecule has 7 heteroatoms. The van der Waals surface area contributed by atoms with Crippen LogP contribution in [0.5, 0.6) is 0 Å². The molecule has 1 N–H and O–H groups in total. The summed E-state index contributed by atoms with van der Waals surface area (Å²) in [6.07, 6.45) is 0. The summed E-state index contributed by atoms with van der Waals surface area (Å²) in [5.41, 5.74) is 4.29. The van der Waals surface area contributed by atoms with Crippen LogP contribution in [0.3, 0.4) is 0 Å². The molecule has 0 fully saturated rings. The Morgan fingerprint density at radius 1 is 0.931 bits per heavy atom. The van der Waals surface area contributed by atoms with Crippen LogP contribution in [0.4, 0.5) is 11.4 Å². The molecule has 4 aromatic rings. The number of aromatic amines is 1. The highest BCUT2D eigenvalue weighted by Gasteiger charge is 2.06. The number of H-pyrrole nitrogens is 1.